The first kappa shape index (κ1) is 17.1. The van der Waals surface area contributed by atoms with Gasteiger partial charge in [0, 0.05) is 29.5 Å². The predicted octanol–water partition coefficient (Wildman–Crippen LogP) is 5.62. The SMILES string of the molecule is C[C@@H]1CCCCN1c1ccc(NC(=O)c2ccc(Cl)c(Cl)c2)cc1. The first-order valence-corrected chi connectivity index (χ1v) is 8.93. The quantitative estimate of drug-likeness (QED) is 0.767. The lowest BCUT2D eigenvalue weighted by Gasteiger charge is -2.35. The zero-order valence-electron chi connectivity index (χ0n) is 13.6. The third-order valence-corrected chi connectivity index (χ3v) is 5.18. The molecule has 0 aliphatic carbocycles. The maximum absolute atomic E-state index is 12.3. The largest absolute Gasteiger partial charge is 0.369 e. The van der Waals surface area contributed by atoms with Crippen LogP contribution < -0.4 is 10.2 Å². The highest BCUT2D eigenvalue weighted by Crippen LogP contribution is 2.26. The molecule has 1 heterocycles. The highest BCUT2D eigenvalue weighted by Gasteiger charge is 2.18. The fourth-order valence-electron chi connectivity index (χ4n) is 3.06. The lowest BCUT2D eigenvalue weighted by atomic mass is 10.0. The van der Waals surface area contributed by atoms with Gasteiger partial charge in [0.15, 0.2) is 0 Å². The van der Waals surface area contributed by atoms with Crippen LogP contribution in [-0.2, 0) is 0 Å². The third kappa shape index (κ3) is 3.85. The van der Waals surface area contributed by atoms with Gasteiger partial charge in [0.05, 0.1) is 10.0 Å². The monoisotopic (exact) mass is 362 g/mol. The number of nitrogens with zero attached hydrogens (tertiary/aromatic N) is 1. The van der Waals surface area contributed by atoms with Crippen LogP contribution in [0.25, 0.3) is 0 Å². The van der Waals surface area contributed by atoms with Gasteiger partial charge in [-0.3, -0.25) is 4.79 Å². The number of hydrogen-bond donors (Lipinski definition) is 1. The normalized spacial score (nSPS) is 17.6. The summed E-state index contributed by atoms with van der Waals surface area (Å²) in [5.41, 5.74) is 2.45. The smallest absolute Gasteiger partial charge is 0.255 e. The number of piperidine rings is 1. The lowest BCUT2D eigenvalue weighted by molar-refractivity contribution is 0.102. The molecule has 1 atom stereocenters. The fraction of sp³-hybridized carbons (Fsp3) is 0.316. The molecular weight excluding hydrogens is 343 g/mol. The second-order valence-corrected chi connectivity index (χ2v) is 6.98. The van der Waals surface area contributed by atoms with Crippen molar-refractivity contribution < 1.29 is 4.79 Å². The predicted molar refractivity (Wildman–Crippen MR) is 102 cm³/mol. The summed E-state index contributed by atoms with van der Waals surface area (Å²) in [6.45, 7) is 3.36. The van der Waals surface area contributed by atoms with E-state index in [9.17, 15) is 4.79 Å². The molecule has 2 aromatic rings. The van der Waals surface area contributed by atoms with Gasteiger partial charge in [0.2, 0.25) is 0 Å². The number of benzene rings is 2. The fourth-order valence-corrected chi connectivity index (χ4v) is 3.36. The van der Waals surface area contributed by atoms with E-state index in [0.717, 1.165) is 12.2 Å². The highest BCUT2D eigenvalue weighted by molar-refractivity contribution is 6.42. The van der Waals surface area contributed by atoms with Crippen LogP contribution in [0, 0.1) is 0 Å². The molecule has 1 fully saturated rings. The van der Waals surface area contributed by atoms with Crippen LogP contribution in [0.3, 0.4) is 0 Å². The van der Waals surface area contributed by atoms with Crippen LogP contribution in [0.15, 0.2) is 42.5 Å². The average molecular weight is 363 g/mol. The Morgan fingerprint density at radius 3 is 2.50 bits per heavy atom. The lowest BCUT2D eigenvalue weighted by Crippen LogP contribution is -2.37. The molecule has 3 rings (SSSR count). The zero-order chi connectivity index (χ0) is 17.1. The molecule has 1 N–H and O–H groups in total. The van der Waals surface area contributed by atoms with E-state index < -0.39 is 0 Å². The summed E-state index contributed by atoms with van der Waals surface area (Å²) in [6.07, 6.45) is 3.77. The molecule has 0 radical (unpaired) electrons. The number of rotatable bonds is 3. The Hall–Kier alpha value is -1.71. The number of carbonyl (C=O) groups excluding carboxylic acids is 1. The van der Waals surface area contributed by atoms with E-state index in [4.69, 9.17) is 23.2 Å². The summed E-state index contributed by atoms with van der Waals surface area (Å²) in [5.74, 6) is -0.201. The van der Waals surface area contributed by atoms with Crippen molar-refractivity contribution in [3.63, 3.8) is 0 Å². The van der Waals surface area contributed by atoms with Crippen LogP contribution in [-0.4, -0.2) is 18.5 Å². The molecule has 0 saturated carbocycles. The van der Waals surface area contributed by atoms with Gasteiger partial charge in [-0.2, -0.15) is 0 Å². The van der Waals surface area contributed by atoms with Gasteiger partial charge in [-0.05, 0) is 68.7 Å². The third-order valence-electron chi connectivity index (χ3n) is 4.44. The van der Waals surface area contributed by atoms with Gasteiger partial charge >= 0.3 is 0 Å². The minimum atomic E-state index is -0.201. The van der Waals surface area contributed by atoms with Crippen LogP contribution >= 0.6 is 23.2 Å². The van der Waals surface area contributed by atoms with Crippen molar-refractivity contribution in [2.24, 2.45) is 0 Å². The van der Waals surface area contributed by atoms with E-state index in [0.29, 0.717) is 21.7 Å². The minimum absolute atomic E-state index is 0.201. The Bertz CT molecular complexity index is 731. The van der Waals surface area contributed by atoms with E-state index in [2.05, 4.69) is 29.3 Å². The topological polar surface area (TPSA) is 32.3 Å². The Balaban J connectivity index is 1.69. The summed E-state index contributed by atoms with van der Waals surface area (Å²) < 4.78 is 0. The molecule has 1 amide bonds. The van der Waals surface area contributed by atoms with E-state index >= 15 is 0 Å². The molecule has 2 aromatic carbocycles. The van der Waals surface area contributed by atoms with Crippen molar-refractivity contribution in [3.8, 4) is 0 Å². The van der Waals surface area contributed by atoms with Crippen molar-refractivity contribution in [1.29, 1.82) is 0 Å². The molecule has 0 spiro atoms. The summed E-state index contributed by atoms with van der Waals surface area (Å²) in [5, 5.41) is 3.70. The molecule has 0 bridgehead atoms. The molecule has 24 heavy (non-hydrogen) atoms. The van der Waals surface area contributed by atoms with Gasteiger partial charge in [0.25, 0.3) is 5.91 Å². The number of amides is 1. The first-order valence-electron chi connectivity index (χ1n) is 8.18. The van der Waals surface area contributed by atoms with Crippen LogP contribution in [0.1, 0.15) is 36.5 Å². The van der Waals surface area contributed by atoms with Gasteiger partial charge in [-0.15, -0.1) is 0 Å². The first-order chi connectivity index (χ1) is 11.5. The maximum atomic E-state index is 12.3. The van der Waals surface area contributed by atoms with E-state index in [1.54, 1.807) is 18.2 Å². The van der Waals surface area contributed by atoms with E-state index in [1.165, 1.54) is 24.9 Å². The Morgan fingerprint density at radius 1 is 1.08 bits per heavy atom. The molecule has 1 aliphatic heterocycles. The molecule has 0 aromatic heterocycles. The number of anilines is 2. The van der Waals surface area contributed by atoms with Gasteiger partial charge in [0.1, 0.15) is 0 Å². The van der Waals surface area contributed by atoms with E-state index in [1.807, 2.05) is 12.1 Å². The van der Waals surface area contributed by atoms with E-state index in [-0.39, 0.29) is 5.91 Å². The molecule has 3 nitrogen and oxygen atoms in total. The Morgan fingerprint density at radius 2 is 1.83 bits per heavy atom. The van der Waals surface area contributed by atoms with Gasteiger partial charge < -0.3 is 10.2 Å². The van der Waals surface area contributed by atoms with Gasteiger partial charge in [-0.25, -0.2) is 0 Å². The number of carbonyl (C=O) groups is 1. The molecule has 5 heteroatoms. The van der Waals surface area contributed by atoms with Crippen LogP contribution in [0.5, 0.6) is 0 Å². The second-order valence-electron chi connectivity index (χ2n) is 6.17. The number of hydrogen-bond acceptors (Lipinski definition) is 2. The van der Waals surface area contributed by atoms with Gasteiger partial charge in [-0.1, -0.05) is 23.2 Å². The van der Waals surface area contributed by atoms with Crippen molar-refractivity contribution in [1.82, 2.24) is 0 Å². The van der Waals surface area contributed by atoms with Crippen molar-refractivity contribution >= 4 is 40.5 Å². The minimum Gasteiger partial charge on any atom is -0.369 e. The van der Waals surface area contributed by atoms with Crippen molar-refractivity contribution in [3.05, 3.63) is 58.1 Å². The van der Waals surface area contributed by atoms with Crippen LogP contribution in [0.2, 0.25) is 10.0 Å². The van der Waals surface area contributed by atoms with Crippen molar-refractivity contribution in [2.45, 2.75) is 32.2 Å². The summed E-state index contributed by atoms with van der Waals surface area (Å²) in [6, 6.07) is 13.4. The van der Waals surface area contributed by atoms with Crippen LogP contribution in [0.4, 0.5) is 11.4 Å². The van der Waals surface area contributed by atoms with Crippen molar-refractivity contribution in [2.75, 3.05) is 16.8 Å². The summed E-state index contributed by atoms with van der Waals surface area (Å²) >= 11 is 11.8. The number of halogens is 2. The standard InChI is InChI=1S/C19H20Cl2N2O/c1-13-4-2-3-11-23(13)16-8-6-15(7-9-16)22-19(24)14-5-10-17(20)18(21)12-14/h5-10,12-13H,2-4,11H2,1H3,(H,22,24)/t13-/m1/s1. The highest BCUT2D eigenvalue weighted by atomic mass is 35.5. The maximum Gasteiger partial charge on any atom is 0.255 e. The average Bonchev–Trinajstić information content (AvgIpc) is 2.58. The molecule has 126 valence electrons. The molecule has 0 unspecified atom stereocenters. The Labute approximate surface area is 152 Å². The molecule has 1 aliphatic rings. The zero-order valence-corrected chi connectivity index (χ0v) is 15.1. The molecule has 1 saturated heterocycles. The molecular formula is C19H20Cl2N2O. The number of nitrogens with one attached hydrogen (secondary N) is 1. The summed E-state index contributed by atoms with van der Waals surface area (Å²) in [4.78, 5) is 14.7. The second kappa shape index (κ2) is 7.45. The Kier molecular flexibility index (Phi) is 5.32. The summed E-state index contributed by atoms with van der Waals surface area (Å²) in [7, 11) is 0.